The van der Waals surface area contributed by atoms with E-state index in [4.69, 9.17) is 0 Å². The molecule has 1 N–H and O–H groups in total. The SMILES string of the molecule is O=CN1CCN(C(=O)CC2CCCN2)CC1. The first kappa shape index (κ1) is 11.4. The number of hydrogen-bond acceptors (Lipinski definition) is 3. The average molecular weight is 225 g/mol. The van der Waals surface area contributed by atoms with E-state index in [1.807, 2.05) is 4.90 Å². The largest absolute Gasteiger partial charge is 0.342 e. The Kier molecular flexibility index (Phi) is 3.77. The topological polar surface area (TPSA) is 52.7 Å². The van der Waals surface area contributed by atoms with Crippen molar-refractivity contribution in [3.8, 4) is 0 Å². The molecule has 2 aliphatic heterocycles. The van der Waals surface area contributed by atoms with E-state index in [9.17, 15) is 9.59 Å². The third kappa shape index (κ3) is 2.72. The fourth-order valence-corrected chi connectivity index (χ4v) is 2.35. The Hall–Kier alpha value is -1.10. The molecular weight excluding hydrogens is 206 g/mol. The molecule has 1 unspecified atom stereocenters. The fraction of sp³-hybridized carbons (Fsp3) is 0.818. The third-order valence-corrected chi connectivity index (χ3v) is 3.40. The summed E-state index contributed by atoms with van der Waals surface area (Å²) in [7, 11) is 0. The Labute approximate surface area is 95.8 Å². The number of amides is 2. The summed E-state index contributed by atoms with van der Waals surface area (Å²) in [4.78, 5) is 26.1. The molecular formula is C11H19N3O2. The van der Waals surface area contributed by atoms with Gasteiger partial charge < -0.3 is 15.1 Å². The van der Waals surface area contributed by atoms with E-state index in [0.717, 1.165) is 19.4 Å². The Balaban J connectivity index is 1.75. The number of carbonyl (C=O) groups is 2. The maximum atomic E-state index is 11.9. The normalized spacial score (nSPS) is 25.9. The minimum atomic E-state index is 0.227. The van der Waals surface area contributed by atoms with Gasteiger partial charge in [-0.25, -0.2) is 0 Å². The summed E-state index contributed by atoms with van der Waals surface area (Å²) in [6.07, 6.45) is 3.76. The number of rotatable bonds is 3. The van der Waals surface area contributed by atoms with Crippen molar-refractivity contribution in [2.24, 2.45) is 0 Å². The number of hydrogen-bond donors (Lipinski definition) is 1. The van der Waals surface area contributed by atoms with Crippen molar-refractivity contribution in [3.05, 3.63) is 0 Å². The van der Waals surface area contributed by atoms with Crippen molar-refractivity contribution in [2.75, 3.05) is 32.7 Å². The minimum absolute atomic E-state index is 0.227. The number of piperazine rings is 1. The minimum Gasteiger partial charge on any atom is -0.342 e. The van der Waals surface area contributed by atoms with Crippen molar-refractivity contribution >= 4 is 12.3 Å². The van der Waals surface area contributed by atoms with E-state index in [-0.39, 0.29) is 5.91 Å². The summed E-state index contributed by atoms with van der Waals surface area (Å²) in [6, 6.07) is 0.372. The highest BCUT2D eigenvalue weighted by Gasteiger charge is 2.24. The van der Waals surface area contributed by atoms with Crippen molar-refractivity contribution in [3.63, 3.8) is 0 Å². The summed E-state index contributed by atoms with van der Waals surface area (Å²) in [5, 5.41) is 3.33. The van der Waals surface area contributed by atoms with Gasteiger partial charge in [-0.1, -0.05) is 0 Å². The zero-order valence-electron chi connectivity index (χ0n) is 9.52. The maximum absolute atomic E-state index is 11.9. The van der Waals surface area contributed by atoms with Gasteiger partial charge in [-0.2, -0.15) is 0 Å². The van der Waals surface area contributed by atoms with Crippen molar-refractivity contribution < 1.29 is 9.59 Å². The molecule has 0 saturated carbocycles. The highest BCUT2D eigenvalue weighted by atomic mass is 16.2. The van der Waals surface area contributed by atoms with E-state index in [0.29, 0.717) is 38.6 Å². The van der Waals surface area contributed by atoms with Crippen LogP contribution in [0.2, 0.25) is 0 Å². The zero-order valence-corrected chi connectivity index (χ0v) is 9.52. The van der Waals surface area contributed by atoms with Crippen LogP contribution in [-0.4, -0.2) is 60.9 Å². The second kappa shape index (κ2) is 5.30. The van der Waals surface area contributed by atoms with Gasteiger partial charge in [0.15, 0.2) is 0 Å². The molecule has 2 aliphatic rings. The van der Waals surface area contributed by atoms with Crippen molar-refractivity contribution in [2.45, 2.75) is 25.3 Å². The van der Waals surface area contributed by atoms with Crippen LogP contribution in [0.15, 0.2) is 0 Å². The van der Waals surface area contributed by atoms with Crippen LogP contribution in [-0.2, 0) is 9.59 Å². The lowest BCUT2D eigenvalue weighted by molar-refractivity contribution is -0.135. The molecule has 0 aromatic carbocycles. The number of nitrogens with zero attached hydrogens (tertiary/aromatic N) is 2. The first-order chi connectivity index (χ1) is 7.79. The van der Waals surface area contributed by atoms with Crippen LogP contribution >= 0.6 is 0 Å². The fourth-order valence-electron chi connectivity index (χ4n) is 2.35. The van der Waals surface area contributed by atoms with Crippen LogP contribution in [0.1, 0.15) is 19.3 Å². The van der Waals surface area contributed by atoms with Crippen molar-refractivity contribution in [1.29, 1.82) is 0 Å². The van der Waals surface area contributed by atoms with Gasteiger partial charge in [0, 0.05) is 38.6 Å². The van der Waals surface area contributed by atoms with Gasteiger partial charge in [-0.3, -0.25) is 9.59 Å². The molecule has 5 nitrogen and oxygen atoms in total. The molecule has 2 amide bonds. The predicted molar refractivity (Wildman–Crippen MR) is 59.9 cm³/mol. The lowest BCUT2D eigenvalue weighted by Crippen LogP contribution is -2.49. The molecule has 2 fully saturated rings. The molecule has 16 heavy (non-hydrogen) atoms. The van der Waals surface area contributed by atoms with Crippen LogP contribution in [0.3, 0.4) is 0 Å². The quantitative estimate of drug-likeness (QED) is 0.654. The van der Waals surface area contributed by atoms with E-state index >= 15 is 0 Å². The molecule has 90 valence electrons. The summed E-state index contributed by atoms with van der Waals surface area (Å²) in [6.45, 7) is 3.76. The predicted octanol–water partition coefficient (Wildman–Crippen LogP) is -0.571. The molecule has 0 radical (unpaired) electrons. The van der Waals surface area contributed by atoms with Crippen molar-refractivity contribution in [1.82, 2.24) is 15.1 Å². The molecule has 0 aromatic rings. The van der Waals surface area contributed by atoms with E-state index in [1.165, 1.54) is 6.42 Å². The van der Waals surface area contributed by atoms with Crippen LogP contribution in [0.25, 0.3) is 0 Å². The van der Waals surface area contributed by atoms with Crippen LogP contribution in [0.5, 0.6) is 0 Å². The lowest BCUT2D eigenvalue weighted by atomic mass is 10.1. The number of nitrogens with one attached hydrogen (secondary N) is 1. The van der Waals surface area contributed by atoms with Gasteiger partial charge in [0.2, 0.25) is 12.3 Å². The molecule has 0 aliphatic carbocycles. The standard InChI is InChI=1S/C11H19N3O2/c15-9-13-4-6-14(7-5-13)11(16)8-10-2-1-3-12-10/h9-10,12H,1-8H2. The maximum Gasteiger partial charge on any atom is 0.224 e. The molecule has 0 aromatic heterocycles. The molecule has 2 saturated heterocycles. The lowest BCUT2D eigenvalue weighted by Gasteiger charge is -2.33. The third-order valence-electron chi connectivity index (χ3n) is 3.40. The van der Waals surface area contributed by atoms with Gasteiger partial charge in [-0.15, -0.1) is 0 Å². The Bertz CT molecular complexity index is 256. The highest BCUT2D eigenvalue weighted by molar-refractivity contribution is 5.77. The van der Waals surface area contributed by atoms with E-state index in [2.05, 4.69) is 5.32 Å². The zero-order chi connectivity index (χ0) is 11.4. The first-order valence-corrected chi connectivity index (χ1v) is 6.00. The van der Waals surface area contributed by atoms with Crippen LogP contribution in [0, 0.1) is 0 Å². The van der Waals surface area contributed by atoms with E-state index in [1.54, 1.807) is 4.90 Å². The Morgan fingerprint density at radius 3 is 2.62 bits per heavy atom. The monoisotopic (exact) mass is 225 g/mol. The summed E-state index contributed by atoms with van der Waals surface area (Å²) in [5.74, 6) is 0.227. The summed E-state index contributed by atoms with van der Waals surface area (Å²) in [5.41, 5.74) is 0. The molecule has 5 heteroatoms. The Morgan fingerprint density at radius 1 is 1.31 bits per heavy atom. The molecule has 1 atom stereocenters. The number of carbonyl (C=O) groups excluding carboxylic acids is 2. The first-order valence-electron chi connectivity index (χ1n) is 6.00. The van der Waals surface area contributed by atoms with Gasteiger partial charge >= 0.3 is 0 Å². The second-order valence-corrected chi connectivity index (χ2v) is 4.52. The van der Waals surface area contributed by atoms with Gasteiger partial charge in [-0.05, 0) is 19.4 Å². The average Bonchev–Trinajstić information content (AvgIpc) is 2.82. The van der Waals surface area contributed by atoms with Crippen LogP contribution < -0.4 is 5.32 Å². The van der Waals surface area contributed by atoms with E-state index < -0.39 is 0 Å². The van der Waals surface area contributed by atoms with Gasteiger partial charge in [0.05, 0.1) is 0 Å². The van der Waals surface area contributed by atoms with Gasteiger partial charge in [0.25, 0.3) is 0 Å². The summed E-state index contributed by atoms with van der Waals surface area (Å²) < 4.78 is 0. The summed E-state index contributed by atoms with van der Waals surface area (Å²) >= 11 is 0. The Morgan fingerprint density at radius 2 is 2.06 bits per heavy atom. The van der Waals surface area contributed by atoms with Crippen LogP contribution in [0.4, 0.5) is 0 Å². The molecule has 2 rings (SSSR count). The van der Waals surface area contributed by atoms with Gasteiger partial charge in [0.1, 0.15) is 0 Å². The molecule has 0 bridgehead atoms. The highest BCUT2D eigenvalue weighted by Crippen LogP contribution is 2.11. The second-order valence-electron chi connectivity index (χ2n) is 4.52. The molecule has 0 spiro atoms. The molecule has 2 heterocycles. The smallest absolute Gasteiger partial charge is 0.224 e.